The van der Waals surface area contributed by atoms with Gasteiger partial charge in [0.25, 0.3) is 0 Å². The molecule has 4 heavy (non-hydrogen) atoms. The number of hydrogen-bond donors (Lipinski definition) is 0. The predicted octanol–water partition coefficient (Wildman–Crippen LogP) is 0.175. The van der Waals surface area contributed by atoms with Crippen molar-refractivity contribution in [1.82, 2.24) is 0 Å². The maximum Gasteiger partial charge on any atom is 2.00 e. The first kappa shape index (κ1) is 34.9. The van der Waals surface area contributed by atoms with Crippen molar-refractivity contribution >= 4 is 71.7 Å². The molecule has 0 aromatic heterocycles. The van der Waals surface area contributed by atoms with Gasteiger partial charge in [0.2, 0.25) is 0 Å². The molecule has 0 spiro atoms. The maximum atomic E-state index is 0. The van der Waals surface area contributed by atoms with Gasteiger partial charge in [-0.1, -0.05) is 0 Å². The van der Waals surface area contributed by atoms with Crippen LogP contribution in [0.3, 0.4) is 0 Å². The molecule has 2 N–H and O–H groups in total. The van der Waals surface area contributed by atoms with Crippen molar-refractivity contribution in [1.29, 1.82) is 0 Å². The summed E-state index contributed by atoms with van der Waals surface area (Å²) in [5.41, 5.74) is 0. The van der Waals surface area contributed by atoms with E-state index in [2.05, 4.69) is 0 Å². The summed E-state index contributed by atoms with van der Waals surface area (Å²) in [6.45, 7) is 0. The van der Waals surface area contributed by atoms with Gasteiger partial charge in [-0.2, -0.15) is 0 Å². The van der Waals surface area contributed by atoms with Crippen LogP contribution in [0.25, 0.3) is 0 Å². The van der Waals surface area contributed by atoms with Gasteiger partial charge in [-0.3, -0.25) is 0 Å². The summed E-state index contributed by atoms with van der Waals surface area (Å²) >= 11 is 0. The third kappa shape index (κ3) is 8.89. The fraction of sp³-hybridized carbons (Fsp3) is 0. The van der Waals surface area contributed by atoms with Crippen molar-refractivity contribution in [2.24, 2.45) is 0 Å². The first-order valence-electron chi connectivity index (χ1n) is 0. The molecule has 0 amide bonds. The van der Waals surface area contributed by atoms with Gasteiger partial charge in [0, 0.05) is 0 Å². The topological polar surface area (TPSA) is 31.5 Å². The quantitative estimate of drug-likeness (QED) is 0.523. The van der Waals surface area contributed by atoms with E-state index in [0.717, 1.165) is 0 Å². The van der Waals surface area contributed by atoms with Crippen molar-refractivity contribution in [2.75, 3.05) is 0 Å². The van der Waals surface area contributed by atoms with Crippen LogP contribution < -0.4 is 0 Å². The van der Waals surface area contributed by atoms with Crippen LogP contribution in [-0.2, 0) is 0 Å². The molecule has 1 nitrogen and oxygen atoms in total. The summed E-state index contributed by atoms with van der Waals surface area (Å²) in [6, 6.07) is 0. The molecule has 0 aromatic rings. The normalized spacial score (nSPS) is 0. The van der Waals surface area contributed by atoms with Crippen LogP contribution in [0.5, 0.6) is 0 Å². The average molecular weight is 222 g/mol. The smallest absolute Gasteiger partial charge is 1.00 e. The average Bonchev–Trinajstić information content (AvgIpc) is 0. The number of halogens is 2. The summed E-state index contributed by atoms with van der Waals surface area (Å²) in [4.78, 5) is 0. The minimum Gasteiger partial charge on any atom is -1.00 e. The van der Waals surface area contributed by atoms with Gasteiger partial charge >= 0.3 is 37.7 Å². The Morgan fingerprint density at radius 1 is 1.00 bits per heavy atom. The largest absolute Gasteiger partial charge is 2.00 e. The molecule has 0 fully saturated rings. The summed E-state index contributed by atoms with van der Waals surface area (Å²) in [6.07, 6.45) is 0. The molecule has 0 radical (unpaired) electrons. The Morgan fingerprint density at radius 2 is 1.00 bits per heavy atom. The van der Waals surface area contributed by atoms with Crippen molar-refractivity contribution in [3.8, 4) is 0 Å². The van der Waals surface area contributed by atoms with E-state index in [4.69, 9.17) is 0 Å². The molecular formula is H6Br2CaO. The standard InChI is InChI=1S/2BrH.Ca.H2O.2H/h2*1H;;1H2;;/q;;+2;;2*-1. The predicted molar refractivity (Wildman–Crippen MR) is 32.2 cm³/mol. The summed E-state index contributed by atoms with van der Waals surface area (Å²) in [5, 5.41) is 0. The van der Waals surface area contributed by atoms with E-state index in [1.165, 1.54) is 0 Å². The molecule has 0 saturated carbocycles. The summed E-state index contributed by atoms with van der Waals surface area (Å²) in [7, 11) is 0. The molecule has 4 heteroatoms. The number of hydrogen-bond acceptors (Lipinski definition) is 0. The first-order chi connectivity index (χ1) is 0. The Hall–Kier alpha value is 2.18. The second-order valence-corrected chi connectivity index (χ2v) is 0. The molecule has 0 aliphatic rings. The van der Waals surface area contributed by atoms with Crippen LogP contribution in [0.15, 0.2) is 0 Å². The zero-order valence-corrected chi connectivity index (χ0v) is 7.66. The van der Waals surface area contributed by atoms with E-state index in [0.29, 0.717) is 0 Å². The fourth-order valence-corrected chi connectivity index (χ4v) is 0. The molecular weight excluding hydrogens is 216 g/mol. The molecule has 0 atom stereocenters. The van der Waals surface area contributed by atoms with Crippen LogP contribution in [-0.4, -0.2) is 43.2 Å². The zero-order valence-electron chi connectivity index (χ0n) is 4.02. The van der Waals surface area contributed by atoms with Crippen molar-refractivity contribution in [3.63, 3.8) is 0 Å². The van der Waals surface area contributed by atoms with Gasteiger partial charge in [0.1, 0.15) is 0 Å². The molecule has 28 valence electrons. The molecule has 0 aliphatic heterocycles. The maximum absolute atomic E-state index is 0. The van der Waals surface area contributed by atoms with Crippen LogP contribution in [0.4, 0.5) is 0 Å². The van der Waals surface area contributed by atoms with Crippen LogP contribution in [0, 0.1) is 0 Å². The first-order valence-corrected chi connectivity index (χ1v) is 0. The third-order valence-electron chi connectivity index (χ3n) is 0. The van der Waals surface area contributed by atoms with E-state index in [-0.39, 0.29) is 80.0 Å². The van der Waals surface area contributed by atoms with Gasteiger partial charge in [-0.05, 0) is 0 Å². The minimum atomic E-state index is 0. The number of rotatable bonds is 0. The van der Waals surface area contributed by atoms with E-state index in [9.17, 15) is 0 Å². The summed E-state index contributed by atoms with van der Waals surface area (Å²) in [5.74, 6) is 0. The Morgan fingerprint density at radius 3 is 1.00 bits per heavy atom. The van der Waals surface area contributed by atoms with Crippen molar-refractivity contribution in [2.45, 2.75) is 0 Å². The van der Waals surface area contributed by atoms with E-state index in [1.54, 1.807) is 0 Å². The van der Waals surface area contributed by atoms with Gasteiger partial charge < -0.3 is 8.33 Å². The Labute approximate surface area is 79.0 Å². The molecule has 0 unspecified atom stereocenters. The molecule has 0 aliphatic carbocycles. The van der Waals surface area contributed by atoms with Gasteiger partial charge in [-0.25, -0.2) is 0 Å². The van der Waals surface area contributed by atoms with E-state index in [1.807, 2.05) is 0 Å². The Bertz CT molecular complexity index is 11.5. The van der Waals surface area contributed by atoms with Crippen molar-refractivity contribution < 1.29 is 8.33 Å². The molecule has 0 aromatic carbocycles. The molecule has 0 saturated heterocycles. The molecule has 0 rings (SSSR count). The van der Waals surface area contributed by atoms with E-state index >= 15 is 0 Å². The van der Waals surface area contributed by atoms with Gasteiger partial charge in [-0.15, -0.1) is 34.0 Å². The minimum absolute atomic E-state index is 0. The Kier molecular flexibility index (Phi) is 166. The SMILES string of the molecule is Br.Br.O.[Ca+2].[H-].[H-]. The fourth-order valence-electron chi connectivity index (χ4n) is 0. The van der Waals surface area contributed by atoms with Gasteiger partial charge in [0.05, 0.1) is 0 Å². The van der Waals surface area contributed by atoms with E-state index < -0.39 is 0 Å². The van der Waals surface area contributed by atoms with Gasteiger partial charge in [0.15, 0.2) is 0 Å². The third-order valence-corrected chi connectivity index (χ3v) is 0. The van der Waals surface area contributed by atoms with Crippen LogP contribution in [0.2, 0.25) is 0 Å². The zero-order chi connectivity index (χ0) is 0. The second-order valence-electron chi connectivity index (χ2n) is 0. The monoisotopic (exact) mass is 220 g/mol. The van der Waals surface area contributed by atoms with Crippen molar-refractivity contribution in [3.05, 3.63) is 0 Å². The summed E-state index contributed by atoms with van der Waals surface area (Å²) < 4.78 is 0. The van der Waals surface area contributed by atoms with Crippen LogP contribution >= 0.6 is 34.0 Å². The second kappa shape index (κ2) is 19.0. The Balaban J connectivity index is 0. The van der Waals surface area contributed by atoms with Crippen LogP contribution in [0.1, 0.15) is 2.85 Å². The molecule has 0 bridgehead atoms. The molecule has 0 heterocycles.